The van der Waals surface area contributed by atoms with Crippen molar-refractivity contribution in [2.75, 3.05) is 0 Å². The number of rotatable bonds is 0. The fourth-order valence-corrected chi connectivity index (χ4v) is 2.59. The van der Waals surface area contributed by atoms with E-state index in [4.69, 9.17) is 0 Å². The third-order valence-corrected chi connectivity index (χ3v) is 3.29. The minimum atomic E-state index is 0. The Morgan fingerprint density at radius 2 is 1.27 bits per heavy atom. The molecule has 2 N–H and O–H groups in total. The van der Waals surface area contributed by atoms with Crippen LogP contribution in [0, 0.1) is 7.91 Å². The van der Waals surface area contributed by atoms with Crippen LogP contribution in [0.1, 0.15) is 0 Å². The monoisotopic (exact) mass is 362 g/mol. The summed E-state index contributed by atoms with van der Waals surface area (Å²) in [5, 5.41) is 12.3. The molecule has 15 heavy (non-hydrogen) atoms. The van der Waals surface area contributed by atoms with Crippen LogP contribution in [0.25, 0.3) is 0 Å². The standard InChI is InChI=1S/2C2H2N2S3.Zn/c2*5-1-3-4-2(6)7-1;/h2*(H,3,5)(H,4,6);/q;;+2/p-2. The molecule has 0 amide bonds. The molecule has 76 valence electrons. The molecule has 2 rings (SSSR count). The number of hydrogen-bond acceptors (Lipinski definition) is 8. The molecule has 2 aromatic rings. The van der Waals surface area contributed by atoms with Crippen LogP contribution in [-0.4, -0.2) is 20.4 Å². The minimum Gasteiger partial charge on any atom is -0.406 e. The zero-order chi connectivity index (χ0) is 10.6. The van der Waals surface area contributed by atoms with E-state index >= 15 is 0 Å². The van der Waals surface area contributed by atoms with Crippen LogP contribution in [0.3, 0.4) is 0 Å². The van der Waals surface area contributed by atoms with Gasteiger partial charge in [0.2, 0.25) is 0 Å². The molecule has 0 aliphatic heterocycles. The molecule has 0 aliphatic rings. The fraction of sp³-hybridized carbons (Fsp3) is 0. The van der Waals surface area contributed by atoms with Gasteiger partial charge in [-0.15, -0.1) is 0 Å². The minimum absolute atomic E-state index is 0. The van der Waals surface area contributed by atoms with Gasteiger partial charge in [-0.05, 0) is 8.68 Å². The Balaban J connectivity index is 0.000000245. The maximum Gasteiger partial charge on any atom is 2.00 e. The Kier molecular flexibility index (Phi) is 8.15. The van der Waals surface area contributed by atoms with Crippen molar-refractivity contribution in [2.24, 2.45) is 0 Å². The van der Waals surface area contributed by atoms with Crippen molar-refractivity contribution >= 4 is 72.4 Å². The molecule has 0 fully saturated rings. The predicted octanol–water partition coefficient (Wildman–Crippen LogP) is 2.21. The summed E-state index contributed by atoms with van der Waals surface area (Å²) in [6, 6.07) is 0. The van der Waals surface area contributed by atoms with Crippen LogP contribution >= 0.6 is 47.1 Å². The van der Waals surface area contributed by atoms with Crippen molar-refractivity contribution in [3.05, 3.63) is 7.91 Å². The zero-order valence-electron chi connectivity index (χ0n) is 7.05. The summed E-state index contributed by atoms with van der Waals surface area (Å²) in [5.74, 6) is 0. The van der Waals surface area contributed by atoms with E-state index in [9.17, 15) is 0 Å². The second kappa shape index (κ2) is 7.83. The van der Waals surface area contributed by atoms with Crippen molar-refractivity contribution in [1.29, 1.82) is 0 Å². The Labute approximate surface area is 128 Å². The van der Waals surface area contributed by atoms with E-state index in [1.165, 1.54) is 22.7 Å². The molecule has 0 saturated heterocycles. The van der Waals surface area contributed by atoms with Crippen LogP contribution in [0.4, 0.5) is 0 Å². The van der Waals surface area contributed by atoms with Gasteiger partial charge in [-0.25, -0.2) is 0 Å². The van der Waals surface area contributed by atoms with Gasteiger partial charge in [-0.2, -0.15) is 10.2 Å². The number of H-pyrrole nitrogens is 2. The molecule has 0 saturated carbocycles. The molecular weight excluding hydrogens is 362 g/mol. The maximum atomic E-state index is 4.67. The van der Waals surface area contributed by atoms with Gasteiger partial charge in [0, 0.05) is 0 Å². The molecule has 0 spiro atoms. The van der Waals surface area contributed by atoms with E-state index in [0.29, 0.717) is 16.6 Å². The summed E-state index contributed by atoms with van der Waals surface area (Å²) in [6.45, 7) is 0. The average molecular weight is 364 g/mol. The van der Waals surface area contributed by atoms with Crippen molar-refractivity contribution in [2.45, 2.75) is 8.68 Å². The molecule has 11 heteroatoms. The topological polar surface area (TPSA) is 57.4 Å². The van der Waals surface area contributed by atoms with Gasteiger partial charge in [0.25, 0.3) is 0 Å². The summed E-state index contributed by atoms with van der Waals surface area (Å²) < 4.78 is 2.44. The van der Waals surface area contributed by atoms with Gasteiger partial charge in [-0.1, -0.05) is 24.4 Å². The number of aromatic amines is 2. The molecular formula is C4H2N4S6Zn. The van der Waals surface area contributed by atoms with Crippen molar-refractivity contribution in [3.63, 3.8) is 0 Å². The van der Waals surface area contributed by atoms with E-state index in [1.807, 2.05) is 0 Å². The van der Waals surface area contributed by atoms with Crippen LogP contribution < -0.4 is 0 Å². The van der Waals surface area contributed by atoms with Crippen LogP contribution in [0.2, 0.25) is 0 Å². The molecule has 0 bridgehead atoms. The first-order valence-corrected chi connectivity index (χ1v) is 6.29. The van der Waals surface area contributed by atoms with Gasteiger partial charge in [-0.3, -0.25) is 10.2 Å². The van der Waals surface area contributed by atoms with E-state index in [1.54, 1.807) is 0 Å². The normalized spacial score (nSPS) is 8.53. The van der Waals surface area contributed by atoms with Gasteiger partial charge in [0.15, 0.2) is 0 Å². The van der Waals surface area contributed by atoms with Crippen LogP contribution in [0.5, 0.6) is 0 Å². The molecule has 0 radical (unpaired) electrons. The first-order valence-electron chi connectivity index (χ1n) is 3.03. The number of nitrogens with zero attached hydrogens (tertiary/aromatic N) is 2. The smallest absolute Gasteiger partial charge is 0.406 e. The zero-order valence-corrected chi connectivity index (χ0v) is 14.9. The SMILES string of the molecule is S=c1[nH]nc([S-])s1.S=c1[nH]nc([S-])s1.[Zn+2]. The van der Waals surface area contributed by atoms with Gasteiger partial charge in [0.05, 0.1) is 7.91 Å². The second-order valence-corrected chi connectivity index (χ2v) is 6.38. The van der Waals surface area contributed by atoms with E-state index < -0.39 is 0 Å². The Morgan fingerprint density at radius 1 is 0.933 bits per heavy atom. The molecule has 4 nitrogen and oxygen atoms in total. The Bertz CT molecular complexity index is 449. The summed E-state index contributed by atoms with van der Waals surface area (Å²) in [7, 11) is 0. The van der Waals surface area contributed by atoms with E-state index in [2.05, 4.69) is 70.1 Å². The van der Waals surface area contributed by atoms with Crippen molar-refractivity contribution < 1.29 is 19.5 Å². The molecule has 2 aromatic heterocycles. The van der Waals surface area contributed by atoms with Gasteiger partial charge in [0.1, 0.15) is 0 Å². The first kappa shape index (κ1) is 15.6. The summed E-state index contributed by atoms with van der Waals surface area (Å²) in [4.78, 5) is 0. The van der Waals surface area contributed by atoms with Crippen LogP contribution in [-0.2, 0) is 44.7 Å². The van der Waals surface area contributed by atoms with E-state index in [0.717, 1.165) is 0 Å². The number of hydrogen-bond donors (Lipinski definition) is 2. The largest absolute Gasteiger partial charge is 2.00 e. The third-order valence-electron chi connectivity index (χ3n) is 0.837. The predicted molar refractivity (Wildman–Crippen MR) is 65.9 cm³/mol. The third kappa shape index (κ3) is 6.72. The number of nitrogens with one attached hydrogen (secondary N) is 2. The second-order valence-electron chi connectivity index (χ2n) is 1.76. The van der Waals surface area contributed by atoms with E-state index in [-0.39, 0.29) is 19.5 Å². The molecule has 0 atom stereocenters. The quantitative estimate of drug-likeness (QED) is 0.425. The first-order chi connectivity index (χ1) is 6.58. The molecule has 0 unspecified atom stereocenters. The van der Waals surface area contributed by atoms with Crippen molar-refractivity contribution in [3.8, 4) is 0 Å². The summed E-state index contributed by atoms with van der Waals surface area (Å²) in [5.41, 5.74) is 0. The molecule has 0 aromatic carbocycles. The maximum absolute atomic E-state index is 4.67. The fourth-order valence-electron chi connectivity index (χ4n) is 0.432. The average Bonchev–Trinajstić information content (AvgIpc) is 2.63. The molecule has 0 aliphatic carbocycles. The van der Waals surface area contributed by atoms with Gasteiger partial charge < -0.3 is 47.9 Å². The van der Waals surface area contributed by atoms with Gasteiger partial charge >= 0.3 is 19.5 Å². The Morgan fingerprint density at radius 3 is 1.33 bits per heavy atom. The molecule has 2 heterocycles. The van der Waals surface area contributed by atoms with Crippen molar-refractivity contribution in [1.82, 2.24) is 20.4 Å². The summed E-state index contributed by atoms with van der Waals surface area (Å²) in [6.07, 6.45) is 0. The van der Waals surface area contributed by atoms with Crippen LogP contribution in [0.15, 0.2) is 8.68 Å². The number of aromatic nitrogens is 4. The Hall–Kier alpha value is 0.623. The summed E-state index contributed by atoms with van der Waals surface area (Å²) >= 11 is 21.2.